The van der Waals surface area contributed by atoms with Crippen molar-refractivity contribution in [2.45, 2.75) is 45.3 Å². The minimum absolute atomic E-state index is 0.246. The van der Waals surface area contributed by atoms with Gasteiger partial charge in [0.05, 0.1) is 0 Å². The molecule has 1 saturated carbocycles. The fraction of sp³-hybridized carbons (Fsp3) is 0.385. The maximum Gasteiger partial charge on any atom is 0.490 e. The summed E-state index contributed by atoms with van der Waals surface area (Å²) in [6, 6.07) is 6.61. The summed E-state index contributed by atoms with van der Waals surface area (Å²) in [7, 11) is 0. The molecule has 0 radical (unpaired) electrons. The molecule has 1 aliphatic carbocycles. The van der Waals surface area contributed by atoms with E-state index in [9.17, 15) is 22.4 Å². The lowest BCUT2D eigenvalue weighted by Gasteiger charge is -2.14. The molecular weight excluding hydrogens is 506 g/mol. The number of aromatic nitrogens is 3. The van der Waals surface area contributed by atoms with Crippen LogP contribution >= 0.6 is 0 Å². The molecule has 38 heavy (non-hydrogen) atoms. The third-order valence-electron chi connectivity index (χ3n) is 6.31. The second-order valence-electron chi connectivity index (χ2n) is 9.40. The van der Waals surface area contributed by atoms with Crippen molar-refractivity contribution in [2.75, 3.05) is 23.3 Å². The summed E-state index contributed by atoms with van der Waals surface area (Å²) < 4.78 is 47.6. The van der Waals surface area contributed by atoms with Gasteiger partial charge >= 0.3 is 12.1 Å². The first-order valence-corrected chi connectivity index (χ1v) is 12.2. The smallest absolute Gasteiger partial charge is 0.475 e. The number of halogens is 4. The molecule has 2 N–H and O–H groups in total. The van der Waals surface area contributed by atoms with Crippen LogP contribution in [0.5, 0.6) is 0 Å². The maximum absolute atomic E-state index is 13.9. The molecular formula is C26H27F4N5O3. The molecule has 0 spiro atoms. The minimum atomic E-state index is -5.08. The van der Waals surface area contributed by atoms with Gasteiger partial charge in [0.25, 0.3) is 5.91 Å². The first-order valence-electron chi connectivity index (χ1n) is 12.2. The SMILES string of the molecule is Cc1ccc(NC(=O)c2cc(-c3cnc(N4CCCC4)nc3)cn2CC2CC2)cc1F.O=C(O)C(F)(F)F. The quantitative estimate of drug-likeness (QED) is 0.418. The van der Waals surface area contributed by atoms with Crippen LogP contribution < -0.4 is 10.2 Å². The number of carbonyl (C=O) groups excluding carboxylic acids is 1. The van der Waals surface area contributed by atoms with E-state index in [0.29, 0.717) is 22.9 Å². The van der Waals surface area contributed by atoms with Gasteiger partial charge in [0.2, 0.25) is 5.95 Å². The van der Waals surface area contributed by atoms with Crippen molar-refractivity contribution in [1.82, 2.24) is 14.5 Å². The van der Waals surface area contributed by atoms with E-state index in [1.807, 2.05) is 29.2 Å². The van der Waals surface area contributed by atoms with Gasteiger partial charge in [0.15, 0.2) is 0 Å². The van der Waals surface area contributed by atoms with Crippen molar-refractivity contribution in [3.05, 3.63) is 59.9 Å². The molecule has 3 heterocycles. The third-order valence-corrected chi connectivity index (χ3v) is 6.31. The van der Waals surface area contributed by atoms with E-state index in [1.54, 1.807) is 19.1 Å². The Balaban J connectivity index is 0.000000426. The van der Waals surface area contributed by atoms with Crippen LogP contribution in [0.3, 0.4) is 0 Å². The number of carboxylic acid groups (broad SMARTS) is 1. The van der Waals surface area contributed by atoms with Crippen LogP contribution in [0, 0.1) is 18.7 Å². The number of rotatable bonds is 6. The highest BCUT2D eigenvalue weighted by molar-refractivity contribution is 6.04. The number of aliphatic carboxylic acids is 1. The van der Waals surface area contributed by atoms with Gasteiger partial charge in [-0.15, -0.1) is 0 Å². The van der Waals surface area contributed by atoms with Gasteiger partial charge in [-0.1, -0.05) is 6.07 Å². The summed E-state index contributed by atoms with van der Waals surface area (Å²) >= 11 is 0. The predicted octanol–water partition coefficient (Wildman–Crippen LogP) is 5.29. The van der Waals surface area contributed by atoms with Crippen LogP contribution in [0.1, 0.15) is 41.7 Å². The molecule has 202 valence electrons. The molecule has 1 amide bonds. The number of carbonyl (C=O) groups is 2. The monoisotopic (exact) mass is 533 g/mol. The van der Waals surface area contributed by atoms with Crippen molar-refractivity contribution in [1.29, 1.82) is 0 Å². The highest BCUT2D eigenvalue weighted by Crippen LogP contribution is 2.33. The second-order valence-corrected chi connectivity index (χ2v) is 9.40. The Bertz CT molecular complexity index is 1300. The average Bonchev–Trinajstić information content (AvgIpc) is 3.33. The number of carboxylic acids is 1. The van der Waals surface area contributed by atoms with Crippen LogP contribution in [0.4, 0.5) is 29.2 Å². The molecule has 8 nitrogen and oxygen atoms in total. The first-order chi connectivity index (χ1) is 18.0. The summed E-state index contributed by atoms with van der Waals surface area (Å²) in [5, 5.41) is 9.96. The number of aryl methyl sites for hydroxylation is 1. The number of nitrogens with one attached hydrogen (secondary N) is 1. The Kier molecular flexibility index (Phi) is 7.98. The molecule has 1 saturated heterocycles. The zero-order valence-corrected chi connectivity index (χ0v) is 20.6. The number of hydrogen-bond acceptors (Lipinski definition) is 5. The standard InChI is InChI=1S/C24H26FN5O.C2HF3O2/c1-16-4-7-20(11-21(16)25)28-23(31)22-10-18(15-30(22)14-17-5-6-17)19-12-26-24(27-13-19)29-8-2-3-9-29;3-2(4,5)1(6)7/h4,7,10-13,15,17H,2-3,5-6,8-9,14H2,1H3,(H,28,31);(H,6,7). The topological polar surface area (TPSA) is 100 Å². The zero-order chi connectivity index (χ0) is 27.4. The highest BCUT2D eigenvalue weighted by Gasteiger charge is 2.38. The van der Waals surface area contributed by atoms with Gasteiger partial charge in [-0.05, 0) is 62.3 Å². The van der Waals surface area contributed by atoms with Gasteiger partial charge in [-0.3, -0.25) is 4.79 Å². The van der Waals surface area contributed by atoms with Gasteiger partial charge in [0.1, 0.15) is 11.5 Å². The molecule has 2 aromatic heterocycles. The van der Waals surface area contributed by atoms with E-state index < -0.39 is 12.1 Å². The molecule has 2 aliphatic rings. The van der Waals surface area contributed by atoms with Gasteiger partial charge in [0, 0.05) is 55.0 Å². The number of nitrogens with zero attached hydrogens (tertiary/aromatic N) is 4. The number of hydrogen-bond donors (Lipinski definition) is 2. The summed E-state index contributed by atoms with van der Waals surface area (Å²) in [6.07, 6.45) is 5.30. The lowest BCUT2D eigenvalue weighted by molar-refractivity contribution is -0.192. The Hall–Kier alpha value is -3.96. The molecule has 12 heteroatoms. The molecule has 1 aromatic carbocycles. The van der Waals surface area contributed by atoms with Crippen LogP contribution in [0.2, 0.25) is 0 Å². The summed E-state index contributed by atoms with van der Waals surface area (Å²) in [5.41, 5.74) is 3.36. The second kappa shape index (κ2) is 11.2. The first kappa shape index (κ1) is 27.1. The largest absolute Gasteiger partial charge is 0.490 e. The molecule has 3 aromatic rings. The number of benzene rings is 1. The van der Waals surface area contributed by atoms with Gasteiger partial charge in [-0.25, -0.2) is 19.2 Å². The summed E-state index contributed by atoms with van der Waals surface area (Å²) in [5.74, 6) is -1.96. The fourth-order valence-corrected chi connectivity index (χ4v) is 4.00. The Labute approximate surface area is 216 Å². The maximum atomic E-state index is 13.9. The minimum Gasteiger partial charge on any atom is -0.475 e. The predicted molar refractivity (Wildman–Crippen MR) is 132 cm³/mol. The van der Waals surface area contributed by atoms with E-state index in [4.69, 9.17) is 9.90 Å². The third kappa shape index (κ3) is 6.87. The van der Waals surface area contributed by atoms with E-state index in [1.165, 1.54) is 31.7 Å². The van der Waals surface area contributed by atoms with Crippen molar-refractivity contribution in [2.24, 2.45) is 5.92 Å². The summed E-state index contributed by atoms with van der Waals surface area (Å²) in [4.78, 5) is 33.2. The number of anilines is 2. The van der Waals surface area contributed by atoms with Crippen molar-refractivity contribution < 1.29 is 32.3 Å². The number of alkyl halides is 3. The number of amides is 1. The molecule has 0 bridgehead atoms. The van der Waals surface area contributed by atoms with Crippen molar-refractivity contribution >= 4 is 23.5 Å². The molecule has 0 atom stereocenters. The van der Waals surface area contributed by atoms with Crippen LogP contribution in [0.25, 0.3) is 11.1 Å². The molecule has 0 unspecified atom stereocenters. The Morgan fingerprint density at radius 3 is 2.26 bits per heavy atom. The summed E-state index contributed by atoms with van der Waals surface area (Å²) in [6.45, 7) is 4.50. The Morgan fingerprint density at radius 1 is 1.08 bits per heavy atom. The van der Waals surface area contributed by atoms with Crippen LogP contribution in [-0.2, 0) is 11.3 Å². The van der Waals surface area contributed by atoms with E-state index in [-0.39, 0.29) is 11.7 Å². The van der Waals surface area contributed by atoms with E-state index in [0.717, 1.165) is 36.7 Å². The van der Waals surface area contributed by atoms with E-state index >= 15 is 0 Å². The van der Waals surface area contributed by atoms with E-state index in [2.05, 4.69) is 20.2 Å². The van der Waals surface area contributed by atoms with Crippen molar-refractivity contribution in [3.8, 4) is 11.1 Å². The molecule has 2 fully saturated rings. The normalized spacial score (nSPS) is 15.1. The lowest BCUT2D eigenvalue weighted by atomic mass is 10.2. The van der Waals surface area contributed by atoms with Gasteiger partial charge in [-0.2, -0.15) is 13.2 Å². The van der Waals surface area contributed by atoms with Crippen LogP contribution in [0.15, 0.2) is 42.9 Å². The van der Waals surface area contributed by atoms with Gasteiger partial charge < -0.3 is 19.9 Å². The zero-order valence-electron chi connectivity index (χ0n) is 20.6. The molecule has 1 aliphatic heterocycles. The fourth-order valence-electron chi connectivity index (χ4n) is 4.00. The van der Waals surface area contributed by atoms with Crippen molar-refractivity contribution in [3.63, 3.8) is 0 Å². The lowest BCUT2D eigenvalue weighted by Crippen LogP contribution is -2.21. The van der Waals surface area contributed by atoms with Crippen LogP contribution in [-0.4, -0.2) is 50.8 Å². The Morgan fingerprint density at radius 2 is 1.71 bits per heavy atom. The average molecular weight is 534 g/mol. The highest BCUT2D eigenvalue weighted by atomic mass is 19.4. The molecule has 5 rings (SSSR count).